The van der Waals surface area contributed by atoms with Crippen LogP contribution in [0.25, 0.3) is 10.9 Å². The highest BCUT2D eigenvalue weighted by Crippen LogP contribution is 2.34. The maximum absolute atomic E-state index is 11.5. The molecule has 0 aliphatic carbocycles. The van der Waals surface area contributed by atoms with Crippen molar-refractivity contribution in [3.63, 3.8) is 0 Å². The van der Waals surface area contributed by atoms with Crippen LogP contribution in [0.1, 0.15) is 31.9 Å². The number of benzene rings is 2. The van der Waals surface area contributed by atoms with E-state index in [2.05, 4.69) is 4.98 Å². The van der Waals surface area contributed by atoms with Crippen molar-refractivity contribution in [2.45, 2.75) is 46.0 Å². The molecule has 0 spiro atoms. The second-order valence-corrected chi connectivity index (χ2v) is 7.71. The van der Waals surface area contributed by atoms with E-state index in [-0.39, 0.29) is 19.1 Å². The lowest BCUT2D eigenvalue weighted by atomic mass is 10.1. The van der Waals surface area contributed by atoms with Crippen LogP contribution in [0.4, 0.5) is 0 Å². The standard InChI is InChI=1S/C24H26ClNO5/c1-4-29-21(24(27)28)12-16-8-5-6-11-20(16)30-14-17-13-26-22-18(9-7-10-19(22)25)23(17)31-15(2)3/h5-11,13,15,21H,4,12,14H2,1-3H3,(H,27,28). The number of halogens is 1. The van der Waals surface area contributed by atoms with Crippen molar-refractivity contribution in [1.82, 2.24) is 4.98 Å². The fourth-order valence-corrected chi connectivity index (χ4v) is 3.49. The van der Waals surface area contributed by atoms with Crippen molar-refractivity contribution in [1.29, 1.82) is 0 Å². The van der Waals surface area contributed by atoms with Crippen LogP contribution in [0.2, 0.25) is 5.02 Å². The Morgan fingerprint density at radius 2 is 1.90 bits per heavy atom. The largest absolute Gasteiger partial charge is 0.490 e. The lowest BCUT2D eigenvalue weighted by Crippen LogP contribution is -2.26. The third-order valence-electron chi connectivity index (χ3n) is 4.63. The van der Waals surface area contributed by atoms with Gasteiger partial charge in [-0.15, -0.1) is 0 Å². The van der Waals surface area contributed by atoms with Gasteiger partial charge in [0.25, 0.3) is 0 Å². The molecule has 2 aromatic carbocycles. The van der Waals surface area contributed by atoms with Gasteiger partial charge in [-0.1, -0.05) is 35.9 Å². The summed E-state index contributed by atoms with van der Waals surface area (Å²) in [4.78, 5) is 16.0. The number of nitrogens with zero attached hydrogens (tertiary/aromatic N) is 1. The summed E-state index contributed by atoms with van der Waals surface area (Å²) in [5.74, 6) is 0.271. The van der Waals surface area contributed by atoms with Gasteiger partial charge in [0.05, 0.1) is 22.2 Å². The predicted molar refractivity (Wildman–Crippen MR) is 120 cm³/mol. The summed E-state index contributed by atoms with van der Waals surface area (Å²) in [6.07, 6.45) is 0.937. The van der Waals surface area contributed by atoms with Gasteiger partial charge in [-0.25, -0.2) is 4.79 Å². The number of carboxylic acid groups (broad SMARTS) is 1. The topological polar surface area (TPSA) is 77.9 Å². The fraction of sp³-hybridized carbons (Fsp3) is 0.333. The van der Waals surface area contributed by atoms with Gasteiger partial charge in [0.15, 0.2) is 6.10 Å². The number of hydrogen-bond donors (Lipinski definition) is 1. The minimum absolute atomic E-state index is 0.0434. The van der Waals surface area contributed by atoms with E-state index in [9.17, 15) is 9.90 Å². The monoisotopic (exact) mass is 443 g/mol. The molecule has 3 rings (SSSR count). The molecule has 3 aromatic rings. The smallest absolute Gasteiger partial charge is 0.333 e. The molecular formula is C24H26ClNO5. The average Bonchev–Trinajstić information content (AvgIpc) is 2.73. The Morgan fingerprint density at radius 3 is 2.61 bits per heavy atom. The minimum atomic E-state index is -1.00. The first-order valence-electron chi connectivity index (χ1n) is 10.2. The molecule has 0 saturated heterocycles. The highest BCUT2D eigenvalue weighted by Gasteiger charge is 2.20. The molecule has 7 heteroatoms. The van der Waals surface area contributed by atoms with Crippen LogP contribution >= 0.6 is 11.6 Å². The summed E-state index contributed by atoms with van der Waals surface area (Å²) in [6.45, 7) is 6.21. The zero-order valence-corrected chi connectivity index (χ0v) is 18.6. The minimum Gasteiger partial charge on any atom is -0.490 e. The molecule has 1 atom stereocenters. The van der Waals surface area contributed by atoms with Crippen LogP contribution in [-0.4, -0.2) is 34.9 Å². The van der Waals surface area contributed by atoms with E-state index in [1.54, 1.807) is 19.2 Å². The van der Waals surface area contributed by atoms with E-state index in [1.165, 1.54) is 0 Å². The van der Waals surface area contributed by atoms with Crippen molar-refractivity contribution in [2.75, 3.05) is 6.61 Å². The molecule has 0 aliphatic rings. The zero-order chi connectivity index (χ0) is 22.4. The van der Waals surface area contributed by atoms with Gasteiger partial charge >= 0.3 is 5.97 Å². The van der Waals surface area contributed by atoms with Crippen molar-refractivity contribution in [2.24, 2.45) is 0 Å². The molecule has 0 aliphatic heterocycles. The number of para-hydroxylation sites is 2. The summed E-state index contributed by atoms with van der Waals surface area (Å²) >= 11 is 6.30. The number of hydrogen-bond acceptors (Lipinski definition) is 5. The third-order valence-corrected chi connectivity index (χ3v) is 4.94. The van der Waals surface area contributed by atoms with Crippen LogP contribution in [0.5, 0.6) is 11.5 Å². The molecule has 31 heavy (non-hydrogen) atoms. The second-order valence-electron chi connectivity index (χ2n) is 7.30. The Morgan fingerprint density at radius 1 is 1.13 bits per heavy atom. The number of aliphatic carboxylic acids is 1. The molecule has 1 aromatic heterocycles. The maximum atomic E-state index is 11.5. The van der Waals surface area contributed by atoms with Crippen molar-refractivity contribution >= 4 is 28.5 Å². The van der Waals surface area contributed by atoms with Crippen LogP contribution in [0.15, 0.2) is 48.7 Å². The van der Waals surface area contributed by atoms with Gasteiger partial charge in [0, 0.05) is 24.6 Å². The Balaban J connectivity index is 1.89. The molecule has 1 heterocycles. The first-order chi connectivity index (χ1) is 14.9. The highest BCUT2D eigenvalue weighted by atomic mass is 35.5. The summed E-state index contributed by atoms with van der Waals surface area (Å²) in [6, 6.07) is 12.9. The summed E-state index contributed by atoms with van der Waals surface area (Å²) in [5.41, 5.74) is 2.20. The quantitative estimate of drug-likeness (QED) is 0.459. The van der Waals surface area contributed by atoms with Crippen LogP contribution in [0, 0.1) is 0 Å². The predicted octanol–water partition coefficient (Wildman–Crippen LogP) is 5.29. The van der Waals surface area contributed by atoms with Gasteiger partial charge < -0.3 is 19.3 Å². The van der Waals surface area contributed by atoms with Gasteiger partial charge in [0.1, 0.15) is 18.1 Å². The van der Waals surface area contributed by atoms with Crippen LogP contribution < -0.4 is 9.47 Å². The lowest BCUT2D eigenvalue weighted by molar-refractivity contribution is -0.149. The van der Waals surface area contributed by atoms with Crippen molar-refractivity contribution < 1.29 is 24.1 Å². The molecule has 164 valence electrons. The normalized spacial score (nSPS) is 12.2. The number of aromatic nitrogens is 1. The van der Waals surface area contributed by atoms with Gasteiger partial charge in [-0.05, 0) is 44.5 Å². The average molecular weight is 444 g/mol. The zero-order valence-electron chi connectivity index (χ0n) is 17.8. The molecule has 0 amide bonds. The Bertz CT molecular complexity index is 1050. The number of fused-ring (bicyclic) bond motifs is 1. The first kappa shape index (κ1) is 22.8. The summed E-state index contributed by atoms with van der Waals surface area (Å²) < 4.78 is 17.5. The van der Waals surface area contributed by atoms with E-state index in [1.807, 2.05) is 50.2 Å². The molecule has 0 radical (unpaired) electrons. The van der Waals surface area contributed by atoms with Crippen LogP contribution in [0.3, 0.4) is 0 Å². The molecule has 0 saturated carbocycles. The number of ether oxygens (including phenoxy) is 3. The Kier molecular flexibility index (Phi) is 7.71. The van der Waals surface area contributed by atoms with Crippen molar-refractivity contribution in [3.8, 4) is 11.5 Å². The lowest BCUT2D eigenvalue weighted by Gasteiger charge is -2.19. The highest BCUT2D eigenvalue weighted by molar-refractivity contribution is 6.35. The Labute approximate surface area is 186 Å². The van der Waals surface area contributed by atoms with E-state index >= 15 is 0 Å². The van der Waals surface area contributed by atoms with Crippen LogP contribution in [-0.2, 0) is 22.6 Å². The molecule has 0 fully saturated rings. The first-order valence-corrected chi connectivity index (χ1v) is 10.6. The fourth-order valence-electron chi connectivity index (χ4n) is 3.27. The SMILES string of the molecule is CCOC(Cc1ccccc1OCc1cnc2c(Cl)cccc2c1OC(C)C)C(=O)O. The van der Waals surface area contributed by atoms with E-state index in [0.717, 1.165) is 16.5 Å². The summed E-state index contributed by atoms with van der Waals surface area (Å²) in [7, 11) is 0. The van der Waals surface area contributed by atoms with Gasteiger partial charge in [0.2, 0.25) is 0 Å². The number of carboxylic acids is 1. The van der Waals surface area contributed by atoms with E-state index in [4.69, 9.17) is 25.8 Å². The number of rotatable bonds is 10. The van der Waals surface area contributed by atoms with Gasteiger partial charge in [-0.2, -0.15) is 0 Å². The molecule has 1 unspecified atom stereocenters. The van der Waals surface area contributed by atoms with Gasteiger partial charge in [-0.3, -0.25) is 4.98 Å². The van der Waals surface area contributed by atoms with E-state index < -0.39 is 12.1 Å². The van der Waals surface area contributed by atoms with Crippen molar-refractivity contribution in [3.05, 3.63) is 64.8 Å². The Hall–Kier alpha value is -2.83. The number of pyridine rings is 1. The molecule has 6 nitrogen and oxygen atoms in total. The third kappa shape index (κ3) is 5.66. The molecular weight excluding hydrogens is 418 g/mol. The van der Waals surface area contributed by atoms with E-state index in [0.29, 0.717) is 28.6 Å². The number of carbonyl (C=O) groups is 1. The maximum Gasteiger partial charge on any atom is 0.333 e. The summed E-state index contributed by atoms with van der Waals surface area (Å²) in [5, 5.41) is 10.8. The molecule has 0 bridgehead atoms. The molecule has 1 N–H and O–H groups in total. The second kappa shape index (κ2) is 10.5.